The van der Waals surface area contributed by atoms with Crippen molar-refractivity contribution in [1.29, 1.82) is 0 Å². The van der Waals surface area contributed by atoms with Crippen molar-refractivity contribution in [3.8, 4) is 17.2 Å². The zero-order chi connectivity index (χ0) is 25.1. The largest absolute Gasteiger partial charge is 0.506 e. The number of hydrogen-bond donors (Lipinski definition) is 7. The first-order valence-electron chi connectivity index (χ1n) is 9.80. The van der Waals surface area contributed by atoms with Crippen LogP contribution in [0.15, 0.2) is 83.7 Å². The normalized spacial score (nSPS) is 10.3. The van der Waals surface area contributed by atoms with E-state index in [1.165, 1.54) is 24.3 Å². The van der Waals surface area contributed by atoms with Crippen LogP contribution in [0.3, 0.4) is 0 Å². The highest BCUT2D eigenvalue weighted by atomic mass is 32.2. The van der Waals surface area contributed by atoms with Crippen molar-refractivity contribution in [3.05, 3.63) is 89.2 Å². The average Bonchev–Trinajstić information content (AvgIpc) is 2.78. The van der Waals surface area contributed by atoms with Crippen LogP contribution in [-0.2, 0) is 10.0 Å². The monoisotopic (exact) mass is 487 g/mol. The maximum Gasteiger partial charge on any atom is 0.248 e. The summed E-state index contributed by atoms with van der Waals surface area (Å²) < 4.78 is 23.6. The van der Waals surface area contributed by atoms with Crippen molar-refractivity contribution in [1.82, 2.24) is 4.98 Å². The summed E-state index contributed by atoms with van der Waals surface area (Å²) in [6.07, 6.45) is 1.03. The number of nitrogens with one attached hydrogen (secondary N) is 3. The Bertz CT molecular complexity index is 1390. The lowest BCUT2D eigenvalue weighted by molar-refractivity contribution is 0.324. The second-order valence-corrected chi connectivity index (χ2v) is 8.56. The lowest BCUT2D eigenvalue weighted by atomic mass is 10.2. The second kappa shape index (κ2) is 12.1. The SMILES string of the molecule is CS(=O)(=O)Nc1ccccc1O.O=c1ccc2cccc(O)c2[nH]1.OCNc1ccccc1O. The van der Waals surface area contributed by atoms with Crippen LogP contribution in [0.5, 0.6) is 17.2 Å². The lowest BCUT2D eigenvalue weighted by Crippen LogP contribution is -2.09. The van der Waals surface area contributed by atoms with Crippen LogP contribution in [0, 0.1) is 0 Å². The minimum Gasteiger partial charge on any atom is -0.506 e. The molecule has 11 heteroatoms. The van der Waals surface area contributed by atoms with Crippen molar-refractivity contribution >= 4 is 32.3 Å². The second-order valence-electron chi connectivity index (χ2n) is 6.81. The molecule has 10 nitrogen and oxygen atoms in total. The molecule has 0 bridgehead atoms. The van der Waals surface area contributed by atoms with Crippen LogP contribution >= 0.6 is 0 Å². The van der Waals surface area contributed by atoms with Crippen molar-refractivity contribution in [2.24, 2.45) is 0 Å². The molecule has 0 atom stereocenters. The molecule has 0 radical (unpaired) electrons. The first-order valence-corrected chi connectivity index (χ1v) is 11.7. The fourth-order valence-corrected chi connectivity index (χ4v) is 3.20. The highest BCUT2D eigenvalue weighted by molar-refractivity contribution is 7.92. The lowest BCUT2D eigenvalue weighted by Gasteiger charge is -2.04. The molecule has 3 aromatic carbocycles. The first-order chi connectivity index (χ1) is 16.1. The summed E-state index contributed by atoms with van der Waals surface area (Å²) in [5.74, 6) is 0.171. The topological polar surface area (TPSA) is 172 Å². The van der Waals surface area contributed by atoms with E-state index >= 15 is 0 Å². The molecule has 0 amide bonds. The molecular formula is C23H25N3O7S. The number of para-hydroxylation sites is 5. The number of sulfonamides is 1. The number of phenolic OH excluding ortho intramolecular Hbond substituents is 3. The molecular weight excluding hydrogens is 462 g/mol. The number of hydrogen-bond acceptors (Lipinski definition) is 8. The summed E-state index contributed by atoms with van der Waals surface area (Å²) in [6, 6.07) is 21.1. The maximum absolute atomic E-state index is 10.9. The number of benzene rings is 3. The predicted molar refractivity (Wildman–Crippen MR) is 132 cm³/mol. The van der Waals surface area contributed by atoms with E-state index in [4.69, 9.17) is 15.3 Å². The van der Waals surface area contributed by atoms with Crippen molar-refractivity contribution in [2.75, 3.05) is 23.0 Å². The number of aromatic hydroxyl groups is 3. The van der Waals surface area contributed by atoms with E-state index in [2.05, 4.69) is 15.0 Å². The number of pyridine rings is 1. The number of phenols is 3. The fraction of sp³-hybridized carbons (Fsp3) is 0.0870. The third kappa shape index (κ3) is 8.37. The van der Waals surface area contributed by atoms with Crippen LogP contribution in [-0.4, -0.2) is 46.8 Å². The van der Waals surface area contributed by atoms with Crippen molar-refractivity contribution in [2.45, 2.75) is 0 Å². The molecule has 0 saturated carbocycles. The Morgan fingerprint density at radius 3 is 1.88 bits per heavy atom. The molecule has 34 heavy (non-hydrogen) atoms. The molecule has 0 unspecified atom stereocenters. The minimum absolute atomic E-state index is 0.0806. The molecule has 4 rings (SSSR count). The summed E-state index contributed by atoms with van der Waals surface area (Å²) in [6.45, 7) is -0.169. The van der Waals surface area contributed by atoms with E-state index in [0.29, 0.717) is 11.2 Å². The fourth-order valence-electron chi connectivity index (χ4n) is 2.63. The zero-order valence-corrected chi connectivity index (χ0v) is 19.0. The third-order valence-corrected chi connectivity index (χ3v) is 4.70. The van der Waals surface area contributed by atoms with Gasteiger partial charge in [-0.25, -0.2) is 8.42 Å². The molecule has 0 aliphatic heterocycles. The molecule has 7 N–H and O–H groups in total. The molecule has 180 valence electrons. The summed E-state index contributed by atoms with van der Waals surface area (Å²) in [4.78, 5) is 13.4. The van der Waals surface area contributed by atoms with Gasteiger partial charge in [-0.2, -0.15) is 0 Å². The Labute approximate surface area is 195 Å². The standard InChI is InChI=1S/C9H7NO2.C7H9NO3S.C7H9NO2/c11-7-3-1-2-6-4-5-8(12)10-9(6)7;1-12(10,11)8-6-4-2-3-5-7(6)9;9-5-8-6-3-1-2-4-7(6)10/h1-5,11H,(H,10,12);2-5,8-9H,1H3;1-4,8-10H,5H2. The number of aromatic nitrogens is 1. The Kier molecular flexibility index (Phi) is 9.29. The number of aliphatic hydroxyl groups is 1. The summed E-state index contributed by atoms with van der Waals surface area (Å²) in [5.41, 5.74) is 1.03. The van der Waals surface area contributed by atoms with Crippen molar-refractivity contribution < 1.29 is 28.8 Å². The van der Waals surface area contributed by atoms with Gasteiger partial charge in [0.1, 0.15) is 24.0 Å². The van der Waals surface area contributed by atoms with E-state index < -0.39 is 10.0 Å². The van der Waals surface area contributed by atoms with Gasteiger partial charge in [-0.1, -0.05) is 36.4 Å². The zero-order valence-electron chi connectivity index (χ0n) is 18.1. The van der Waals surface area contributed by atoms with Crippen LogP contribution in [0.1, 0.15) is 0 Å². The van der Waals surface area contributed by atoms with Crippen LogP contribution in [0.25, 0.3) is 10.9 Å². The van der Waals surface area contributed by atoms with Gasteiger partial charge in [-0.15, -0.1) is 0 Å². The smallest absolute Gasteiger partial charge is 0.248 e. The van der Waals surface area contributed by atoms with E-state index in [-0.39, 0.29) is 35.2 Å². The van der Waals surface area contributed by atoms with Gasteiger partial charge in [-0.05, 0) is 36.4 Å². The Morgan fingerprint density at radius 2 is 1.32 bits per heavy atom. The quantitative estimate of drug-likeness (QED) is 0.170. The first kappa shape index (κ1) is 26.0. The van der Waals surface area contributed by atoms with Crippen LogP contribution in [0.2, 0.25) is 0 Å². The van der Waals surface area contributed by atoms with Gasteiger partial charge >= 0.3 is 0 Å². The Morgan fingerprint density at radius 1 is 0.765 bits per heavy atom. The number of fused-ring (bicyclic) bond motifs is 1. The number of anilines is 2. The van der Waals surface area contributed by atoms with E-state index in [1.807, 2.05) is 6.07 Å². The summed E-state index contributed by atoms with van der Waals surface area (Å²) in [7, 11) is -3.31. The molecule has 0 saturated heterocycles. The highest BCUT2D eigenvalue weighted by Crippen LogP contribution is 2.22. The van der Waals surface area contributed by atoms with Crippen LogP contribution in [0.4, 0.5) is 11.4 Å². The van der Waals surface area contributed by atoms with Gasteiger partial charge < -0.3 is 30.7 Å². The van der Waals surface area contributed by atoms with Gasteiger partial charge in [0.15, 0.2) is 0 Å². The molecule has 1 heterocycles. The van der Waals surface area contributed by atoms with E-state index in [1.54, 1.807) is 48.5 Å². The van der Waals surface area contributed by atoms with Crippen LogP contribution < -0.4 is 15.6 Å². The molecule has 0 spiro atoms. The molecule has 1 aromatic heterocycles. The summed E-state index contributed by atoms with van der Waals surface area (Å²) in [5, 5.41) is 39.4. The average molecular weight is 488 g/mol. The number of rotatable bonds is 4. The Hall–Kier alpha value is -4.22. The Balaban J connectivity index is 0.000000181. The molecule has 4 aromatic rings. The predicted octanol–water partition coefficient (Wildman–Crippen LogP) is 2.75. The van der Waals surface area contributed by atoms with E-state index in [0.717, 1.165) is 11.6 Å². The van der Waals surface area contributed by atoms with Gasteiger partial charge in [0.25, 0.3) is 0 Å². The van der Waals surface area contributed by atoms with Gasteiger partial charge in [-0.3, -0.25) is 9.52 Å². The number of H-pyrrole nitrogens is 1. The molecule has 0 aliphatic carbocycles. The molecule has 0 fully saturated rings. The maximum atomic E-state index is 10.9. The minimum atomic E-state index is -3.31. The molecule has 0 aliphatic rings. The third-order valence-electron chi connectivity index (χ3n) is 4.11. The van der Waals surface area contributed by atoms with E-state index in [9.17, 15) is 18.3 Å². The highest BCUT2D eigenvalue weighted by Gasteiger charge is 2.04. The number of aromatic amines is 1. The summed E-state index contributed by atoms with van der Waals surface area (Å²) >= 11 is 0. The van der Waals surface area contributed by atoms with Crippen molar-refractivity contribution in [3.63, 3.8) is 0 Å². The van der Waals surface area contributed by atoms with Gasteiger partial charge in [0.2, 0.25) is 15.6 Å². The van der Waals surface area contributed by atoms with Gasteiger partial charge in [0, 0.05) is 11.5 Å². The van der Waals surface area contributed by atoms with Gasteiger partial charge in [0.05, 0.1) is 23.1 Å². The number of aliphatic hydroxyl groups excluding tert-OH is 1.